The maximum Gasteiger partial charge on any atom is 0.126 e. The van der Waals surface area contributed by atoms with Crippen molar-refractivity contribution in [3.8, 4) is 5.75 Å². The molecule has 1 atom stereocenters. The summed E-state index contributed by atoms with van der Waals surface area (Å²) >= 11 is 0. The Morgan fingerprint density at radius 1 is 1.47 bits per heavy atom. The van der Waals surface area contributed by atoms with Crippen LogP contribution in [-0.2, 0) is 0 Å². The van der Waals surface area contributed by atoms with E-state index in [1.54, 1.807) is 12.1 Å². The first kappa shape index (κ1) is 12.3. The summed E-state index contributed by atoms with van der Waals surface area (Å²) in [6, 6.07) is 6.29. The minimum atomic E-state index is -0.243. The largest absolute Gasteiger partial charge is 0.493 e. The summed E-state index contributed by atoms with van der Waals surface area (Å²) in [7, 11) is 0. The van der Waals surface area contributed by atoms with E-state index in [0.717, 1.165) is 19.5 Å². The average Bonchev–Trinajstić information content (AvgIpc) is 2.67. The van der Waals surface area contributed by atoms with Gasteiger partial charge in [-0.1, -0.05) is 6.07 Å². The molecule has 0 bridgehead atoms. The molecule has 2 nitrogen and oxygen atoms in total. The lowest BCUT2D eigenvalue weighted by Crippen LogP contribution is -2.15. The second-order valence-corrected chi connectivity index (χ2v) is 3.63. The maximum absolute atomic E-state index is 12.8. The molecule has 0 amide bonds. The fourth-order valence-corrected chi connectivity index (χ4v) is 1.63. The third-order valence-corrected chi connectivity index (χ3v) is 2.44. The van der Waals surface area contributed by atoms with Gasteiger partial charge >= 0.3 is 0 Å². The van der Waals surface area contributed by atoms with Gasteiger partial charge in [0.1, 0.15) is 11.6 Å². The highest BCUT2D eigenvalue weighted by Gasteiger charge is 2.14. The predicted octanol–water partition coefficient (Wildman–Crippen LogP) is 2.24. The van der Waals surface area contributed by atoms with Gasteiger partial charge in [-0.15, -0.1) is 12.4 Å². The van der Waals surface area contributed by atoms with Crippen molar-refractivity contribution in [1.82, 2.24) is 5.32 Å². The van der Waals surface area contributed by atoms with Crippen molar-refractivity contribution in [3.63, 3.8) is 0 Å². The van der Waals surface area contributed by atoms with Crippen molar-refractivity contribution in [2.24, 2.45) is 5.92 Å². The molecule has 1 N–H and O–H groups in total. The first-order chi connectivity index (χ1) is 6.84. The predicted molar refractivity (Wildman–Crippen MR) is 60.1 cm³/mol. The molecular weight excluding hydrogens is 217 g/mol. The summed E-state index contributed by atoms with van der Waals surface area (Å²) in [5.41, 5.74) is 0. The van der Waals surface area contributed by atoms with Crippen LogP contribution in [0.3, 0.4) is 0 Å². The van der Waals surface area contributed by atoms with E-state index in [2.05, 4.69) is 5.32 Å². The Balaban J connectivity index is 0.00000112. The number of halogens is 2. The molecule has 1 heterocycles. The molecule has 0 unspecified atom stereocenters. The van der Waals surface area contributed by atoms with Gasteiger partial charge in [0.15, 0.2) is 0 Å². The highest BCUT2D eigenvalue weighted by Crippen LogP contribution is 2.15. The molecule has 1 aliphatic rings. The Morgan fingerprint density at radius 2 is 2.33 bits per heavy atom. The summed E-state index contributed by atoms with van der Waals surface area (Å²) in [4.78, 5) is 0. The lowest BCUT2D eigenvalue weighted by molar-refractivity contribution is 0.259. The molecule has 1 fully saturated rings. The van der Waals surface area contributed by atoms with E-state index in [4.69, 9.17) is 4.74 Å². The second kappa shape index (κ2) is 5.93. The van der Waals surface area contributed by atoms with Crippen LogP contribution in [0, 0.1) is 11.7 Å². The van der Waals surface area contributed by atoms with Gasteiger partial charge in [-0.25, -0.2) is 4.39 Å². The summed E-state index contributed by atoms with van der Waals surface area (Å²) in [5.74, 6) is 0.946. The zero-order chi connectivity index (χ0) is 9.80. The van der Waals surface area contributed by atoms with Crippen LogP contribution in [0.5, 0.6) is 5.75 Å². The van der Waals surface area contributed by atoms with Gasteiger partial charge in [0.2, 0.25) is 0 Å². The molecule has 1 aromatic rings. The quantitative estimate of drug-likeness (QED) is 0.862. The topological polar surface area (TPSA) is 21.3 Å². The summed E-state index contributed by atoms with van der Waals surface area (Å²) in [5, 5.41) is 3.27. The van der Waals surface area contributed by atoms with Crippen LogP contribution in [0.2, 0.25) is 0 Å². The summed E-state index contributed by atoms with van der Waals surface area (Å²) in [6.07, 6.45) is 1.15. The van der Waals surface area contributed by atoms with Crippen LogP contribution in [-0.4, -0.2) is 19.7 Å². The van der Waals surface area contributed by atoms with Crippen LogP contribution in [0.1, 0.15) is 6.42 Å². The molecule has 0 saturated carbocycles. The van der Waals surface area contributed by atoms with E-state index in [-0.39, 0.29) is 18.2 Å². The molecule has 0 aromatic heterocycles. The van der Waals surface area contributed by atoms with Gasteiger partial charge in [-0.3, -0.25) is 0 Å². The SMILES string of the molecule is Cl.Fc1cccc(OC[C@H]2CCNC2)c1. The fraction of sp³-hybridized carbons (Fsp3) is 0.455. The minimum Gasteiger partial charge on any atom is -0.493 e. The molecule has 4 heteroatoms. The Kier molecular flexibility index (Phi) is 4.85. The summed E-state index contributed by atoms with van der Waals surface area (Å²) < 4.78 is 18.3. The molecule has 1 aromatic carbocycles. The molecule has 1 aliphatic heterocycles. The van der Waals surface area contributed by atoms with E-state index in [9.17, 15) is 4.39 Å². The number of nitrogens with one attached hydrogen (secondary N) is 1. The number of benzene rings is 1. The van der Waals surface area contributed by atoms with Crippen LogP contribution >= 0.6 is 12.4 Å². The third-order valence-electron chi connectivity index (χ3n) is 2.44. The molecule has 0 spiro atoms. The third kappa shape index (κ3) is 3.68. The van der Waals surface area contributed by atoms with Crippen LogP contribution in [0.15, 0.2) is 24.3 Å². The Labute approximate surface area is 95.2 Å². The lowest BCUT2D eigenvalue weighted by Gasteiger charge is -2.10. The van der Waals surface area contributed by atoms with E-state index >= 15 is 0 Å². The first-order valence-electron chi connectivity index (χ1n) is 4.94. The highest BCUT2D eigenvalue weighted by molar-refractivity contribution is 5.85. The van der Waals surface area contributed by atoms with E-state index in [1.165, 1.54) is 12.1 Å². The van der Waals surface area contributed by atoms with Gasteiger partial charge in [-0.2, -0.15) is 0 Å². The Bertz CT molecular complexity index is 302. The zero-order valence-electron chi connectivity index (χ0n) is 8.41. The number of hydrogen-bond acceptors (Lipinski definition) is 2. The zero-order valence-corrected chi connectivity index (χ0v) is 9.23. The maximum atomic E-state index is 12.8. The number of rotatable bonds is 3. The van der Waals surface area contributed by atoms with Crippen LogP contribution in [0.4, 0.5) is 4.39 Å². The smallest absolute Gasteiger partial charge is 0.126 e. The van der Waals surface area contributed by atoms with Gasteiger partial charge in [0.05, 0.1) is 6.61 Å². The van der Waals surface area contributed by atoms with Crippen LogP contribution in [0.25, 0.3) is 0 Å². The lowest BCUT2D eigenvalue weighted by atomic mass is 10.1. The van der Waals surface area contributed by atoms with Crippen LogP contribution < -0.4 is 10.1 Å². The Hall–Kier alpha value is -0.800. The standard InChI is InChI=1S/C11H14FNO.ClH/c12-10-2-1-3-11(6-10)14-8-9-4-5-13-7-9;/h1-3,6,9,13H,4-5,7-8H2;1H/t9-;/m0./s1. The summed E-state index contributed by atoms with van der Waals surface area (Å²) in [6.45, 7) is 2.75. The second-order valence-electron chi connectivity index (χ2n) is 3.63. The highest BCUT2D eigenvalue weighted by atomic mass is 35.5. The fourth-order valence-electron chi connectivity index (χ4n) is 1.63. The van der Waals surface area contributed by atoms with Crippen molar-refractivity contribution in [2.75, 3.05) is 19.7 Å². The molecule has 84 valence electrons. The molecule has 2 rings (SSSR count). The molecule has 0 aliphatic carbocycles. The van der Waals surface area contributed by atoms with Crippen molar-refractivity contribution in [2.45, 2.75) is 6.42 Å². The average molecular weight is 232 g/mol. The first-order valence-corrected chi connectivity index (χ1v) is 4.94. The van der Waals surface area contributed by atoms with E-state index in [1.807, 2.05) is 0 Å². The van der Waals surface area contributed by atoms with E-state index in [0.29, 0.717) is 18.3 Å². The van der Waals surface area contributed by atoms with E-state index < -0.39 is 0 Å². The Morgan fingerprint density at radius 3 is 3.00 bits per heavy atom. The van der Waals surface area contributed by atoms with Crippen molar-refractivity contribution in [1.29, 1.82) is 0 Å². The number of ether oxygens (including phenoxy) is 1. The molecular formula is C11H15ClFNO. The van der Waals surface area contributed by atoms with Gasteiger partial charge in [-0.05, 0) is 25.1 Å². The molecule has 0 radical (unpaired) electrons. The molecule has 15 heavy (non-hydrogen) atoms. The normalized spacial score (nSPS) is 19.7. The number of hydrogen-bond donors (Lipinski definition) is 1. The monoisotopic (exact) mass is 231 g/mol. The van der Waals surface area contributed by atoms with Gasteiger partial charge < -0.3 is 10.1 Å². The molecule has 1 saturated heterocycles. The van der Waals surface area contributed by atoms with Gasteiger partial charge in [0.25, 0.3) is 0 Å². The minimum absolute atomic E-state index is 0. The van der Waals surface area contributed by atoms with Gasteiger partial charge in [0, 0.05) is 18.5 Å². The van der Waals surface area contributed by atoms with Crippen molar-refractivity contribution < 1.29 is 9.13 Å². The van der Waals surface area contributed by atoms with Crippen molar-refractivity contribution in [3.05, 3.63) is 30.1 Å². The van der Waals surface area contributed by atoms with Crippen molar-refractivity contribution >= 4 is 12.4 Å².